The minimum atomic E-state index is -0.763. The Labute approximate surface area is 107 Å². The number of nitrogens with one attached hydrogen (secondary N) is 1. The zero-order valence-electron chi connectivity index (χ0n) is 10.6. The van der Waals surface area contributed by atoms with E-state index in [1.165, 1.54) is 0 Å². The molecule has 18 heavy (non-hydrogen) atoms. The van der Waals surface area contributed by atoms with Gasteiger partial charge in [0.1, 0.15) is 0 Å². The first-order valence-corrected chi connectivity index (χ1v) is 6.92. The van der Waals surface area contributed by atoms with Crippen LogP contribution in [0, 0.1) is 17.8 Å². The summed E-state index contributed by atoms with van der Waals surface area (Å²) in [6.45, 7) is 1.54. The van der Waals surface area contributed by atoms with Gasteiger partial charge in [-0.3, -0.25) is 4.79 Å². The molecule has 1 heterocycles. The Kier molecular flexibility index (Phi) is 3.16. The van der Waals surface area contributed by atoms with Crippen molar-refractivity contribution in [3.8, 4) is 0 Å². The predicted molar refractivity (Wildman–Crippen MR) is 66.9 cm³/mol. The lowest BCUT2D eigenvalue weighted by atomic mass is 9.91. The van der Waals surface area contributed by atoms with Gasteiger partial charge >= 0.3 is 0 Å². The molecule has 2 fully saturated rings. The van der Waals surface area contributed by atoms with Crippen LogP contribution in [0.5, 0.6) is 0 Å². The number of carbonyl (C=O) groups excluding carboxylic acids is 1. The summed E-state index contributed by atoms with van der Waals surface area (Å²) in [6.07, 6.45) is 7.76. The van der Waals surface area contributed by atoms with E-state index in [0.717, 1.165) is 12.8 Å². The molecule has 0 aromatic carbocycles. The number of ether oxygens (including phenoxy) is 1. The van der Waals surface area contributed by atoms with Crippen LogP contribution in [0.25, 0.3) is 0 Å². The average Bonchev–Trinajstić information content (AvgIpc) is 2.99. The molecular formula is C14H21NO3. The lowest BCUT2D eigenvalue weighted by Gasteiger charge is -2.32. The van der Waals surface area contributed by atoms with Crippen LogP contribution in [0.4, 0.5) is 0 Å². The highest BCUT2D eigenvalue weighted by Gasteiger charge is 2.40. The second kappa shape index (κ2) is 4.67. The highest BCUT2D eigenvalue weighted by Crippen LogP contribution is 2.43. The van der Waals surface area contributed by atoms with E-state index in [2.05, 4.69) is 17.5 Å². The van der Waals surface area contributed by atoms with Crippen LogP contribution in [-0.4, -0.2) is 36.4 Å². The molecule has 3 aliphatic rings. The topological polar surface area (TPSA) is 58.6 Å². The van der Waals surface area contributed by atoms with E-state index >= 15 is 0 Å². The Balaban J connectivity index is 1.51. The van der Waals surface area contributed by atoms with Crippen molar-refractivity contribution in [3.63, 3.8) is 0 Å². The molecule has 3 rings (SSSR count). The smallest absolute Gasteiger partial charge is 0.223 e. The molecule has 0 spiro atoms. The summed E-state index contributed by atoms with van der Waals surface area (Å²) in [5.74, 6) is 1.28. The molecule has 1 saturated heterocycles. The Morgan fingerprint density at radius 3 is 2.72 bits per heavy atom. The van der Waals surface area contributed by atoms with Crippen molar-refractivity contribution >= 4 is 5.91 Å². The third-order valence-corrected chi connectivity index (χ3v) is 4.63. The van der Waals surface area contributed by atoms with Crippen molar-refractivity contribution in [1.82, 2.24) is 5.32 Å². The fraction of sp³-hybridized carbons (Fsp3) is 0.786. The maximum absolute atomic E-state index is 12.1. The molecule has 1 saturated carbocycles. The number of allylic oxidation sites excluding steroid dienone is 2. The number of amides is 1. The number of hydrogen-bond donors (Lipinski definition) is 2. The fourth-order valence-corrected chi connectivity index (χ4v) is 3.39. The van der Waals surface area contributed by atoms with Crippen LogP contribution in [0.2, 0.25) is 0 Å². The molecule has 3 atom stereocenters. The highest BCUT2D eigenvalue weighted by atomic mass is 16.5. The largest absolute Gasteiger partial charge is 0.388 e. The Morgan fingerprint density at radius 2 is 2.11 bits per heavy atom. The molecule has 3 unspecified atom stereocenters. The molecule has 1 aliphatic heterocycles. The van der Waals surface area contributed by atoms with Gasteiger partial charge in [0.15, 0.2) is 0 Å². The normalized spacial score (nSPS) is 36.8. The van der Waals surface area contributed by atoms with E-state index in [0.29, 0.717) is 44.4 Å². The molecule has 4 nitrogen and oxygen atoms in total. The molecule has 100 valence electrons. The molecule has 0 aromatic rings. The number of carbonyl (C=O) groups is 1. The molecule has 2 aliphatic carbocycles. The van der Waals surface area contributed by atoms with Crippen LogP contribution in [-0.2, 0) is 9.53 Å². The average molecular weight is 251 g/mol. The van der Waals surface area contributed by atoms with Gasteiger partial charge in [0.25, 0.3) is 0 Å². The van der Waals surface area contributed by atoms with E-state index < -0.39 is 5.60 Å². The second-order valence-corrected chi connectivity index (χ2v) is 5.94. The molecule has 2 N–H and O–H groups in total. The lowest BCUT2D eigenvalue weighted by Crippen LogP contribution is -2.48. The monoisotopic (exact) mass is 251 g/mol. The summed E-state index contributed by atoms with van der Waals surface area (Å²) in [5.41, 5.74) is -0.763. The second-order valence-electron chi connectivity index (χ2n) is 5.94. The number of aliphatic hydroxyl groups is 1. The van der Waals surface area contributed by atoms with Crippen molar-refractivity contribution in [3.05, 3.63) is 12.2 Å². The maximum atomic E-state index is 12.1. The van der Waals surface area contributed by atoms with Gasteiger partial charge in [-0.2, -0.15) is 0 Å². The zero-order chi connectivity index (χ0) is 12.6. The lowest BCUT2D eigenvalue weighted by molar-refractivity contribution is -0.128. The maximum Gasteiger partial charge on any atom is 0.223 e. The fourth-order valence-electron chi connectivity index (χ4n) is 3.39. The highest BCUT2D eigenvalue weighted by molar-refractivity contribution is 5.80. The van der Waals surface area contributed by atoms with Gasteiger partial charge in [-0.15, -0.1) is 0 Å². The Bertz CT molecular complexity index is 360. The van der Waals surface area contributed by atoms with E-state index in [4.69, 9.17) is 4.74 Å². The van der Waals surface area contributed by atoms with Gasteiger partial charge in [0.05, 0.1) is 5.60 Å². The molecule has 4 heteroatoms. The Morgan fingerprint density at radius 1 is 1.33 bits per heavy atom. The van der Waals surface area contributed by atoms with Crippen LogP contribution in [0.15, 0.2) is 12.2 Å². The first-order chi connectivity index (χ1) is 8.66. The first kappa shape index (κ1) is 12.2. The van der Waals surface area contributed by atoms with Crippen molar-refractivity contribution in [2.24, 2.45) is 17.8 Å². The van der Waals surface area contributed by atoms with E-state index in [1.807, 2.05) is 0 Å². The number of rotatable bonds is 3. The molecule has 2 bridgehead atoms. The van der Waals surface area contributed by atoms with Crippen LogP contribution >= 0.6 is 0 Å². The SMILES string of the molecule is O=C(NCC1(O)CCOCC1)C1CC2C=CC1C2. The molecule has 0 aromatic heterocycles. The van der Waals surface area contributed by atoms with Gasteiger partial charge in [0.2, 0.25) is 5.91 Å². The Hall–Kier alpha value is -0.870. The van der Waals surface area contributed by atoms with Gasteiger partial charge in [-0.25, -0.2) is 0 Å². The number of hydrogen-bond acceptors (Lipinski definition) is 3. The molecule has 1 amide bonds. The van der Waals surface area contributed by atoms with Gasteiger partial charge < -0.3 is 15.2 Å². The van der Waals surface area contributed by atoms with Crippen LogP contribution in [0.1, 0.15) is 25.7 Å². The summed E-state index contributed by atoms with van der Waals surface area (Å²) < 4.78 is 5.23. The summed E-state index contributed by atoms with van der Waals surface area (Å²) >= 11 is 0. The van der Waals surface area contributed by atoms with E-state index in [-0.39, 0.29) is 11.8 Å². The van der Waals surface area contributed by atoms with Crippen LogP contribution in [0.3, 0.4) is 0 Å². The third kappa shape index (κ3) is 2.31. The summed E-state index contributed by atoms with van der Waals surface area (Å²) in [7, 11) is 0. The standard InChI is InChI=1S/C14H21NO3/c16-13(12-8-10-1-2-11(12)7-10)15-9-14(17)3-5-18-6-4-14/h1-2,10-12,17H,3-9H2,(H,15,16). The van der Waals surface area contributed by atoms with Gasteiger partial charge in [0, 0.05) is 38.5 Å². The first-order valence-electron chi connectivity index (χ1n) is 6.92. The number of fused-ring (bicyclic) bond motifs is 2. The third-order valence-electron chi connectivity index (χ3n) is 4.63. The van der Waals surface area contributed by atoms with Gasteiger partial charge in [-0.1, -0.05) is 12.2 Å². The predicted octanol–water partition coefficient (Wildman–Crippen LogP) is 0.856. The molecular weight excluding hydrogens is 230 g/mol. The zero-order valence-corrected chi connectivity index (χ0v) is 10.6. The summed E-state index contributed by atoms with van der Waals surface area (Å²) in [5, 5.41) is 13.2. The van der Waals surface area contributed by atoms with E-state index in [1.54, 1.807) is 0 Å². The van der Waals surface area contributed by atoms with Crippen molar-refractivity contribution in [2.45, 2.75) is 31.3 Å². The quantitative estimate of drug-likeness (QED) is 0.731. The van der Waals surface area contributed by atoms with E-state index in [9.17, 15) is 9.90 Å². The van der Waals surface area contributed by atoms with Crippen LogP contribution < -0.4 is 5.32 Å². The summed E-state index contributed by atoms with van der Waals surface area (Å²) in [6, 6.07) is 0. The van der Waals surface area contributed by atoms with Crippen molar-refractivity contribution in [1.29, 1.82) is 0 Å². The molecule has 0 radical (unpaired) electrons. The minimum absolute atomic E-state index is 0.117. The van der Waals surface area contributed by atoms with Crippen molar-refractivity contribution < 1.29 is 14.6 Å². The van der Waals surface area contributed by atoms with Crippen molar-refractivity contribution in [2.75, 3.05) is 19.8 Å². The van der Waals surface area contributed by atoms with Gasteiger partial charge in [-0.05, 0) is 24.7 Å². The summed E-state index contributed by atoms with van der Waals surface area (Å²) in [4.78, 5) is 12.1. The minimum Gasteiger partial charge on any atom is -0.388 e.